The maximum atomic E-state index is 13.1. The van der Waals surface area contributed by atoms with Crippen LogP contribution >= 0.6 is 24.0 Å². The first-order valence-corrected chi connectivity index (χ1v) is 6.60. The summed E-state index contributed by atoms with van der Waals surface area (Å²) in [5.41, 5.74) is 0.758. The molecule has 0 aliphatic heterocycles. The first-order valence-electron chi connectivity index (χ1n) is 6.60. The largest absolute Gasteiger partial charge is 0.353 e. The minimum Gasteiger partial charge on any atom is -0.353 e. The summed E-state index contributed by atoms with van der Waals surface area (Å²) in [7, 11) is 3.37. The molecule has 0 atom stereocenters. The van der Waals surface area contributed by atoms with E-state index >= 15 is 0 Å². The fourth-order valence-corrected chi connectivity index (χ4v) is 1.47. The van der Waals surface area contributed by atoms with E-state index in [-0.39, 0.29) is 42.2 Å². The molecule has 0 saturated heterocycles. The Kier molecular flexibility index (Phi) is 10.2. The maximum absolute atomic E-state index is 13.1. The second-order valence-corrected chi connectivity index (χ2v) is 4.61. The van der Waals surface area contributed by atoms with Crippen LogP contribution in [0.3, 0.4) is 0 Å². The van der Waals surface area contributed by atoms with Crippen LogP contribution < -0.4 is 10.6 Å². The molecule has 1 aromatic carbocycles. The molecule has 1 rings (SSSR count). The molecule has 0 aliphatic rings. The third-order valence-electron chi connectivity index (χ3n) is 2.63. The fraction of sp³-hybridized carbons (Fsp3) is 0.333. The molecule has 22 heavy (non-hydrogen) atoms. The molecule has 122 valence electrons. The number of hydrogen-bond acceptors (Lipinski definition) is 2. The Labute approximate surface area is 147 Å². The number of guanidine groups is 1. The van der Waals surface area contributed by atoms with Gasteiger partial charge in [-0.25, -0.2) is 9.38 Å². The van der Waals surface area contributed by atoms with Crippen LogP contribution in [-0.2, 0) is 11.3 Å². The predicted molar refractivity (Wildman–Crippen MR) is 97.9 cm³/mol. The number of carbonyl (C=O) groups excluding carboxylic acids is 1. The normalized spacial score (nSPS) is 10.4. The Morgan fingerprint density at radius 3 is 2.73 bits per heavy atom. The van der Waals surface area contributed by atoms with Crippen LogP contribution in [0.1, 0.15) is 5.56 Å². The second kappa shape index (κ2) is 11.0. The molecule has 0 aliphatic carbocycles. The van der Waals surface area contributed by atoms with Crippen molar-refractivity contribution in [2.24, 2.45) is 4.99 Å². The number of nitrogens with zero attached hydrogens (tertiary/aromatic N) is 2. The first kappa shape index (κ1) is 20.4. The lowest BCUT2D eigenvalue weighted by Gasteiger charge is -2.14. The number of nitrogens with one attached hydrogen (secondary N) is 2. The van der Waals surface area contributed by atoms with Crippen molar-refractivity contribution in [2.45, 2.75) is 6.54 Å². The van der Waals surface area contributed by atoms with Gasteiger partial charge in [0.05, 0.1) is 13.1 Å². The number of benzene rings is 1. The van der Waals surface area contributed by atoms with E-state index in [4.69, 9.17) is 0 Å². The molecule has 5 nitrogen and oxygen atoms in total. The molecule has 0 bridgehead atoms. The number of amides is 1. The number of rotatable bonds is 6. The van der Waals surface area contributed by atoms with Crippen molar-refractivity contribution in [2.75, 3.05) is 27.2 Å². The lowest BCUT2D eigenvalue weighted by atomic mass is 10.2. The molecule has 7 heteroatoms. The maximum Gasteiger partial charge on any atom is 0.241 e. The molecule has 0 saturated carbocycles. The lowest BCUT2D eigenvalue weighted by molar-refractivity contribution is -0.127. The summed E-state index contributed by atoms with van der Waals surface area (Å²) in [6.07, 6.45) is 1.69. The summed E-state index contributed by atoms with van der Waals surface area (Å²) >= 11 is 0. The summed E-state index contributed by atoms with van der Waals surface area (Å²) < 4.78 is 13.1. The van der Waals surface area contributed by atoms with Crippen LogP contribution in [0.5, 0.6) is 0 Å². The van der Waals surface area contributed by atoms with Crippen LogP contribution in [0.2, 0.25) is 0 Å². The van der Waals surface area contributed by atoms with E-state index in [1.807, 2.05) is 0 Å². The highest BCUT2D eigenvalue weighted by Crippen LogP contribution is 2.04. The van der Waals surface area contributed by atoms with Crippen molar-refractivity contribution in [1.82, 2.24) is 15.5 Å². The molecule has 1 amide bonds. The topological polar surface area (TPSA) is 56.7 Å². The van der Waals surface area contributed by atoms with Gasteiger partial charge < -0.3 is 15.5 Å². The van der Waals surface area contributed by atoms with Gasteiger partial charge in [-0.2, -0.15) is 0 Å². The highest BCUT2D eigenvalue weighted by Gasteiger charge is 2.05. The Hall–Kier alpha value is -1.64. The smallest absolute Gasteiger partial charge is 0.241 e. The Morgan fingerprint density at radius 1 is 1.41 bits per heavy atom. The number of likely N-dealkylation sites (N-methyl/N-ethyl adjacent to an activating group) is 1. The van der Waals surface area contributed by atoms with E-state index in [9.17, 15) is 9.18 Å². The lowest BCUT2D eigenvalue weighted by Crippen LogP contribution is -2.43. The van der Waals surface area contributed by atoms with E-state index in [2.05, 4.69) is 22.2 Å². The standard InChI is InChI=1S/C15H21FN4O.HI/c1-4-8-17-15(19-11-14(21)20(2)3)18-10-12-6-5-7-13(16)9-12;/h4-7,9H,1,8,10-11H2,2-3H3,(H2,17,18,19);1H. The van der Waals surface area contributed by atoms with E-state index in [1.165, 1.54) is 17.0 Å². The molecule has 0 radical (unpaired) electrons. The number of aliphatic imine (C=N–C) groups is 1. The molecule has 2 N–H and O–H groups in total. The minimum atomic E-state index is -0.293. The zero-order valence-electron chi connectivity index (χ0n) is 12.8. The summed E-state index contributed by atoms with van der Waals surface area (Å²) in [6.45, 7) is 4.59. The average Bonchev–Trinajstić information content (AvgIpc) is 2.46. The Morgan fingerprint density at radius 2 is 2.14 bits per heavy atom. The van der Waals surface area contributed by atoms with Crippen molar-refractivity contribution >= 4 is 35.8 Å². The van der Waals surface area contributed by atoms with Crippen molar-refractivity contribution in [3.63, 3.8) is 0 Å². The van der Waals surface area contributed by atoms with E-state index in [1.54, 1.807) is 32.3 Å². The van der Waals surface area contributed by atoms with Crippen LogP contribution in [-0.4, -0.2) is 44.0 Å². The third-order valence-corrected chi connectivity index (χ3v) is 2.63. The SMILES string of the molecule is C=CCNC(=NCc1cccc(F)c1)NCC(=O)N(C)C.I. The number of carbonyl (C=O) groups is 1. The van der Waals surface area contributed by atoms with Gasteiger partial charge in [0.2, 0.25) is 5.91 Å². The average molecular weight is 420 g/mol. The Balaban J connectivity index is 0.00000441. The van der Waals surface area contributed by atoms with Crippen molar-refractivity contribution in [1.29, 1.82) is 0 Å². The van der Waals surface area contributed by atoms with Gasteiger partial charge in [0.1, 0.15) is 5.82 Å². The zero-order valence-corrected chi connectivity index (χ0v) is 15.1. The van der Waals surface area contributed by atoms with E-state index in [0.29, 0.717) is 19.0 Å². The number of hydrogen-bond donors (Lipinski definition) is 2. The van der Waals surface area contributed by atoms with Gasteiger partial charge in [-0.05, 0) is 17.7 Å². The predicted octanol–water partition coefficient (Wildman–Crippen LogP) is 1.75. The van der Waals surface area contributed by atoms with Gasteiger partial charge in [-0.1, -0.05) is 18.2 Å². The summed E-state index contributed by atoms with van der Waals surface area (Å²) in [5.74, 6) is 0.127. The van der Waals surface area contributed by atoms with E-state index in [0.717, 1.165) is 5.56 Å². The summed E-state index contributed by atoms with van der Waals surface area (Å²) in [5, 5.41) is 5.93. The van der Waals surface area contributed by atoms with E-state index < -0.39 is 0 Å². The molecule has 1 aromatic rings. The zero-order chi connectivity index (χ0) is 15.7. The van der Waals surface area contributed by atoms with Crippen molar-refractivity contribution in [3.8, 4) is 0 Å². The van der Waals surface area contributed by atoms with Gasteiger partial charge in [0, 0.05) is 20.6 Å². The number of halogens is 2. The van der Waals surface area contributed by atoms with Crippen LogP contribution in [0.15, 0.2) is 41.9 Å². The van der Waals surface area contributed by atoms with Crippen LogP contribution in [0, 0.1) is 5.82 Å². The van der Waals surface area contributed by atoms with Crippen LogP contribution in [0.4, 0.5) is 4.39 Å². The molecule has 0 heterocycles. The second-order valence-electron chi connectivity index (χ2n) is 4.61. The van der Waals surface area contributed by atoms with Gasteiger partial charge in [0.15, 0.2) is 5.96 Å². The Bertz CT molecular complexity index is 520. The molecular formula is C15H22FIN4O. The summed E-state index contributed by atoms with van der Waals surface area (Å²) in [4.78, 5) is 17.4. The van der Waals surface area contributed by atoms with Crippen molar-refractivity contribution < 1.29 is 9.18 Å². The highest BCUT2D eigenvalue weighted by molar-refractivity contribution is 14.0. The molecule has 0 aromatic heterocycles. The minimum absolute atomic E-state index is 0. The highest BCUT2D eigenvalue weighted by atomic mass is 127. The van der Waals surface area contributed by atoms with Gasteiger partial charge in [-0.15, -0.1) is 30.6 Å². The van der Waals surface area contributed by atoms with Gasteiger partial charge in [-0.3, -0.25) is 4.79 Å². The molecular weight excluding hydrogens is 398 g/mol. The van der Waals surface area contributed by atoms with Gasteiger partial charge >= 0.3 is 0 Å². The summed E-state index contributed by atoms with van der Waals surface area (Å²) in [6, 6.07) is 6.25. The van der Waals surface area contributed by atoms with Gasteiger partial charge in [0.25, 0.3) is 0 Å². The quantitative estimate of drug-likeness (QED) is 0.319. The van der Waals surface area contributed by atoms with Crippen molar-refractivity contribution in [3.05, 3.63) is 48.3 Å². The monoisotopic (exact) mass is 420 g/mol. The third kappa shape index (κ3) is 7.96. The fourth-order valence-electron chi connectivity index (χ4n) is 1.47. The van der Waals surface area contributed by atoms with Crippen LogP contribution in [0.25, 0.3) is 0 Å². The molecule has 0 spiro atoms. The molecule has 0 unspecified atom stereocenters. The molecule has 0 fully saturated rings. The first-order chi connectivity index (χ1) is 10.0.